The molecule has 0 amide bonds. The van der Waals surface area contributed by atoms with Crippen molar-refractivity contribution in [3.63, 3.8) is 0 Å². The van der Waals surface area contributed by atoms with Crippen molar-refractivity contribution in [1.82, 2.24) is 5.32 Å². The average molecular weight is 478 g/mol. The average Bonchev–Trinajstić information content (AvgIpc) is 3.63. The summed E-state index contributed by atoms with van der Waals surface area (Å²) in [6, 6.07) is 20.0. The molecule has 6 atom stereocenters. The van der Waals surface area contributed by atoms with Gasteiger partial charge in [-0.1, -0.05) is 74.5 Å². The molecular formula is C29H35NO5. The molecule has 2 bridgehead atoms. The molecule has 3 fully saturated rings. The smallest absolute Gasteiger partial charge is 0.310 e. The first-order chi connectivity index (χ1) is 16.9. The zero-order valence-electron chi connectivity index (χ0n) is 20.5. The van der Waals surface area contributed by atoms with Crippen LogP contribution in [0.15, 0.2) is 60.7 Å². The fraction of sp³-hybridized carbons (Fsp3) is 0.517. The van der Waals surface area contributed by atoms with Gasteiger partial charge in [0.05, 0.1) is 6.42 Å². The van der Waals surface area contributed by atoms with Crippen LogP contribution in [0.25, 0.3) is 0 Å². The van der Waals surface area contributed by atoms with Gasteiger partial charge >= 0.3 is 11.9 Å². The lowest BCUT2D eigenvalue weighted by molar-refractivity contribution is -0.183. The Bertz CT molecular complexity index is 1030. The van der Waals surface area contributed by atoms with E-state index in [2.05, 4.69) is 17.4 Å². The number of ether oxygens (including phenoxy) is 3. The van der Waals surface area contributed by atoms with Gasteiger partial charge in [0.2, 0.25) is 0 Å². The predicted octanol–water partition coefficient (Wildman–Crippen LogP) is 4.21. The minimum Gasteiger partial charge on any atom is -0.462 e. The molecule has 0 radical (unpaired) electrons. The van der Waals surface area contributed by atoms with Crippen LogP contribution >= 0.6 is 0 Å². The zero-order valence-corrected chi connectivity index (χ0v) is 20.5. The Balaban J connectivity index is 1.31. The molecule has 1 N–H and O–H groups in total. The lowest BCUT2D eigenvalue weighted by Crippen LogP contribution is -2.61. The van der Waals surface area contributed by atoms with E-state index in [4.69, 9.17) is 14.2 Å². The van der Waals surface area contributed by atoms with E-state index in [0.717, 1.165) is 5.56 Å². The van der Waals surface area contributed by atoms with Crippen molar-refractivity contribution in [2.24, 2.45) is 11.8 Å². The van der Waals surface area contributed by atoms with Crippen LogP contribution in [0.1, 0.15) is 50.7 Å². The molecule has 6 heteroatoms. The first-order valence-electron chi connectivity index (χ1n) is 12.8. The molecule has 6 nitrogen and oxygen atoms in total. The summed E-state index contributed by atoms with van der Waals surface area (Å²) in [5.74, 6) is -0.107. The highest BCUT2D eigenvalue weighted by molar-refractivity contribution is 5.73. The summed E-state index contributed by atoms with van der Waals surface area (Å²) in [5.41, 5.74) is 1.49. The minimum absolute atomic E-state index is 0.0249. The van der Waals surface area contributed by atoms with Gasteiger partial charge in [0.25, 0.3) is 0 Å². The summed E-state index contributed by atoms with van der Waals surface area (Å²) >= 11 is 0. The Hall–Kier alpha value is -2.70. The van der Waals surface area contributed by atoms with Crippen LogP contribution in [0.3, 0.4) is 0 Å². The van der Waals surface area contributed by atoms with Crippen LogP contribution in [0.2, 0.25) is 0 Å². The monoisotopic (exact) mass is 477 g/mol. The standard InChI is InChI=1S/C29H35NO5/c1-19(2)15-24(31)33-23-13-14-29(35-25(32)16-20-9-5-3-6-10-20)17-22(23)26(27-28(29)34-27)30-18-21-11-7-4-8-12-21/h3-12,19,22-23,26-28,30H,13-18H2,1-2H3/t22?,23-,26-,27+,28+,29-/m1/s1. The van der Waals surface area contributed by atoms with E-state index >= 15 is 0 Å². The Morgan fingerprint density at radius 1 is 1.03 bits per heavy atom. The molecular weight excluding hydrogens is 442 g/mol. The Morgan fingerprint density at radius 2 is 1.71 bits per heavy atom. The predicted molar refractivity (Wildman–Crippen MR) is 131 cm³/mol. The number of carbonyl (C=O) groups excluding carboxylic acids is 2. The number of esters is 2. The summed E-state index contributed by atoms with van der Waals surface area (Å²) in [7, 11) is 0. The molecule has 1 heterocycles. The number of nitrogens with one attached hydrogen (secondary N) is 1. The highest BCUT2D eigenvalue weighted by Crippen LogP contribution is 2.55. The third kappa shape index (κ3) is 5.44. The molecule has 3 aliphatic rings. The van der Waals surface area contributed by atoms with E-state index < -0.39 is 5.60 Å². The maximum atomic E-state index is 12.9. The molecule has 2 aromatic carbocycles. The Kier molecular flexibility index (Phi) is 6.94. The highest BCUT2D eigenvalue weighted by atomic mass is 16.6. The van der Waals surface area contributed by atoms with Crippen molar-refractivity contribution in [3.8, 4) is 0 Å². The van der Waals surface area contributed by atoms with Crippen molar-refractivity contribution in [3.05, 3.63) is 71.8 Å². The van der Waals surface area contributed by atoms with Crippen molar-refractivity contribution >= 4 is 11.9 Å². The summed E-state index contributed by atoms with van der Waals surface area (Å²) < 4.78 is 18.4. The molecule has 2 aromatic rings. The van der Waals surface area contributed by atoms with Gasteiger partial charge in [-0.05, 0) is 36.3 Å². The van der Waals surface area contributed by atoms with E-state index in [1.165, 1.54) is 5.56 Å². The van der Waals surface area contributed by atoms with Crippen molar-refractivity contribution in [2.75, 3.05) is 0 Å². The number of fused-ring (bicyclic) bond motifs is 4. The maximum absolute atomic E-state index is 12.9. The van der Waals surface area contributed by atoms with E-state index in [1.54, 1.807) is 0 Å². The van der Waals surface area contributed by atoms with Crippen LogP contribution in [0, 0.1) is 11.8 Å². The SMILES string of the molecule is CC(C)CC(=O)O[C@@H]1CC[C@@]2(OC(=O)Cc3ccccc3)CC1[C@@H](NCc1ccccc1)[C@@H]1O[C@@H]12. The molecule has 186 valence electrons. The summed E-state index contributed by atoms with van der Waals surface area (Å²) in [6.45, 7) is 4.75. The van der Waals surface area contributed by atoms with Crippen molar-refractivity contribution < 1.29 is 23.8 Å². The molecule has 0 spiro atoms. The van der Waals surface area contributed by atoms with Crippen LogP contribution in [-0.2, 0) is 36.8 Å². The van der Waals surface area contributed by atoms with Gasteiger partial charge in [0.15, 0.2) is 0 Å². The van der Waals surface area contributed by atoms with Gasteiger partial charge in [-0.2, -0.15) is 0 Å². The number of hydrogen-bond acceptors (Lipinski definition) is 6. The molecule has 35 heavy (non-hydrogen) atoms. The van der Waals surface area contributed by atoms with Gasteiger partial charge in [0.1, 0.15) is 23.9 Å². The molecule has 5 rings (SSSR count). The number of hydrogen-bond donors (Lipinski definition) is 1. The summed E-state index contributed by atoms with van der Waals surface area (Å²) in [5, 5.41) is 3.68. The molecule has 1 unspecified atom stereocenters. The van der Waals surface area contributed by atoms with E-state index in [1.807, 2.05) is 62.4 Å². The second-order valence-electron chi connectivity index (χ2n) is 10.6. The quantitative estimate of drug-likeness (QED) is 0.431. The Morgan fingerprint density at radius 3 is 2.40 bits per heavy atom. The molecule has 2 saturated carbocycles. The van der Waals surface area contributed by atoms with Gasteiger partial charge < -0.3 is 19.5 Å². The molecule has 0 aromatic heterocycles. The number of carbonyl (C=O) groups is 2. The van der Waals surface area contributed by atoms with Crippen LogP contribution in [-0.4, -0.2) is 41.9 Å². The fourth-order valence-electron chi connectivity index (χ4n) is 5.89. The first-order valence-corrected chi connectivity index (χ1v) is 12.8. The zero-order chi connectivity index (χ0) is 24.4. The molecule has 2 aliphatic carbocycles. The normalized spacial score (nSPS) is 30.9. The second kappa shape index (κ2) is 10.1. The summed E-state index contributed by atoms with van der Waals surface area (Å²) in [6.07, 6.45) is 2.24. The van der Waals surface area contributed by atoms with Crippen LogP contribution in [0.4, 0.5) is 0 Å². The van der Waals surface area contributed by atoms with Crippen LogP contribution < -0.4 is 5.32 Å². The van der Waals surface area contributed by atoms with E-state index in [0.29, 0.717) is 32.2 Å². The number of epoxide rings is 1. The van der Waals surface area contributed by atoms with E-state index in [9.17, 15) is 9.59 Å². The number of benzene rings is 2. The lowest BCUT2D eigenvalue weighted by atomic mass is 9.65. The van der Waals surface area contributed by atoms with Crippen molar-refractivity contribution in [1.29, 1.82) is 0 Å². The first kappa shape index (κ1) is 24.0. The third-order valence-electron chi connectivity index (χ3n) is 7.52. The molecule has 1 aliphatic heterocycles. The highest BCUT2D eigenvalue weighted by Gasteiger charge is 2.68. The van der Waals surface area contributed by atoms with Crippen LogP contribution in [0.5, 0.6) is 0 Å². The largest absolute Gasteiger partial charge is 0.462 e. The Labute approximate surface area is 207 Å². The van der Waals surface area contributed by atoms with Gasteiger partial charge in [-0.15, -0.1) is 0 Å². The maximum Gasteiger partial charge on any atom is 0.310 e. The lowest BCUT2D eigenvalue weighted by Gasteiger charge is -2.48. The molecule has 1 saturated heterocycles. The summed E-state index contributed by atoms with van der Waals surface area (Å²) in [4.78, 5) is 25.5. The van der Waals surface area contributed by atoms with Crippen molar-refractivity contribution in [2.45, 2.75) is 82.5 Å². The van der Waals surface area contributed by atoms with Gasteiger partial charge in [0, 0.05) is 24.9 Å². The number of rotatable bonds is 9. The second-order valence-corrected chi connectivity index (χ2v) is 10.6. The fourth-order valence-corrected chi connectivity index (χ4v) is 5.89. The minimum atomic E-state index is -0.646. The van der Waals surface area contributed by atoms with Gasteiger partial charge in [-0.25, -0.2) is 0 Å². The van der Waals surface area contributed by atoms with E-state index in [-0.39, 0.29) is 54.5 Å². The third-order valence-corrected chi connectivity index (χ3v) is 7.52. The van der Waals surface area contributed by atoms with Gasteiger partial charge in [-0.3, -0.25) is 9.59 Å². The topological polar surface area (TPSA) is 77.2 Å².